The van der Waals surface area contributed by atoms with Crippen LogP contribution in [0.25, 0.3) is 0 Å². The molecular weight excluding hydrogens is 538 g/mol. The maximum Gasteiger partial charge on any atom is 0.323 e. The molecule has 1 fully saturated rings. The van der Waals surface area contributed by atoms with Crippen molar-refractivity contribution in [1.82, 2.24) is 5.32 Å². The normalized spacial score (nSPS) is 12.9. The molecule has 1 aliphatic heterocycles. The van der Waals surface area contributed by atoms with E-state index in [1.165, 1.54) is 0 Å². The predicted octanol–water partition coefficient (Wildman–Crippen LogP) is 6.26. The molecule has 4 aromatic carbocycles. The molecule has 43 heavy (non-hydrogen) atoms. The molecule has 4 aromatic rings. The Labute approximate surface area is 253 Å². The van der Waals surface area contributed by atoms with E-state index in [1.807, 2.05) is 80.6 Å². The number of urea groups is 1. The maximum atomic E-state index is 13.6. The zero-order valence-electron chi connectivity index (χ0n) is 25.0. The van der Waals surface area contributed by atoms with Crippen molar-refractivity contribution >= 4 is 34.7 Å². The van der Waals surface area contributed by atoms with Gasteiger partial charge in [-0.3, -0.25) is 4.79 Å². The van der Waals surface area contributed by atoms with Gasteiger partial charge in [-0.2, -0.15) is 0 Å². The third kappa shape index (κ3) is 7.46. The Balaban J connectivity index is 1.31. The van der Waals surface area contributed by atoms with Gasteiger partial charge >= 0.3 is 6.03 Å². The number of nitrogens with zero attached hydrogens (tertiary/aromatic N) is 2. The molecule has 1 aliphatic rings. The van der Waals surface area contributed by atoms with Crippen LogP contribution in [0.3, 0.4) is 0 Å². The molecule has 3 amide bonds. The van der Waals surface area contributed by atoms with Crippen LogP contribution in [0.2, 0.25) is 0 Å². The van der Waals surface area contributed by atoms with Crippen molar-refractivity contribution in [3.05, 3.63) is 113 Å². The van der Waals surface area contributed by atoms with Gasteiger partial charge in [-0.25, -0.2) is 4.79 Å². The maximum absolute atomic E-state index is 13.6. The minimum atomic E-state index is -0.364. The van der Waals surface area contributed by atoms with Gasteiger partial charge in [-0.1, -0.05) is 48.5 Å². The first-order chi connectivity index (χ1) is 20.9. The summed E-state index contributed by atoms with van der Waals surface area (Å²) in [6.45, 7) is 7.60. The Morgan fingerprint density at radius 2 is 1.35 bits per heavy atom. The van der Waals surface area contributed by atoms with E-state index in [2.05, 4.69) is 43.9 Å². The highest BCUT2D eigenvalue weighted by Crippen LogP contribution is 2.31. The summed E-state index contributed by atoms with van der Waals surface area (Å²) in [5.74, 6) is 0.681. The fourth-order valence-electron chi connectivity index (χ4n) is 5.32. The molecule has 0 aliphatic carbocycles. The second-order valence-electron chi connectivity index (χ2n) is 10.7. The highest BCUT2D eigenvalue weighted by Gasteiger charge is 2.24. The summed E-state index contributed by atoms with van der Waals surface area (Å²) in [5, 5.41) is 8.88. The van der Waals surface area contributed by atoms with Crippen molar-refractivity contribution in [3.8, 4) is 5.75 Å². The third-order valence-corrected chi connectivity index (χ3v) is 7.85. The van der Waals surface area contributed by atoms with Crippen LogP contribution in [0.15, 0.2) is 91.0 Å². The topological polar surface area (TPSA) is 85.9 Å². The van der Waals surface area contributed by atoms with E-state index in [-0.39, 0.29) is 11.9 Å². The Morgan fingerprint density at radius 3 is 2.05 bits per heavy atom. The Bertz CT molecular complexity index is 1570. The van der Waals surface area contributed by atoms with Crippen LogP contribution in [0.5, 0.6) is 5.75 Å². The largest absolute Gasteiger partial charge is 0.495 e. The number of methoxy groups -OCH3 is 1. The van der Waals surface area contributed by atoms with Gasteiger partial charge in [0.2, 0.25) is 0 Å². The minimum Gasteiger partial charge on any atom is -0.495 e. The molecule has 0 radical (unpaired) electrons. The summed E-state index contributed by atoms with van der Waals surface area (Å²) in [5.41, 5.74) is 7.12. The zero-order chi connectivity index (χ0) is 30.2. The van der Waals surface area contributed by atoms with Crippen LogP contribution >= 0.6 is 0 Å². The molecule has 0 saturated carbocycles. The number of benzene rings is 4. The fourth-order valence-corrected chi connectivity index (χ4v) is 5.32. The number of piperazine rings is 1. The average molecular weight is 578 g/mol. The molecule has 8 heteroatoms. The molecular formula is C35H39N5O3. The summed E-state index contributed by atoms with van der Waals surface area (Å²) >= 11 is 0. The number of rotatable bonds is 9. The summed E-state index contributed by atoms with van der Waals surface area (Å²) in [4.78, 5) is 31.0. The summed E-state index contributed by atoms with van der Waals surface area (Å²) in [6, 6.07) is 29.1. The van der Waals surface area contributed by atoms with Crippen LogP contribution in [0, 0.1) is 13.8 Å². The van der Waals surface area contributed by atoms with E-state index in [4.69, 9.17) is 4.74 Å². The molecule has 0 unspecified atom stereocenters. The van der Waals surface area contributed by atoms with Gasteiger partial charge in [0.25, 0.3) is 5.91 Å². The SMILES string of the molecule is COc1ccccc1N1CCN(c2ccc(NC(=O)Nc3ccc(C)c(C)c3)cc2C(=O)NCCc2ccccc2)CC1. The monoisotopic (exact) mass is 577 g/mol. The Morgan fingerprint density at radius 1 is 0.721 bits per heavy atom. The lowest BCUT2D eigenvalue weighted by atomic mass is 10.1. The van der Waals surface area contributed by atoms with Gasteiger partial charge < -0.3 is 30.5 Å². The number of para-hydroxylation sites is 2. The first-order valence-corrected chi connectivity index (χ1v) is 14.7. The molecule has 0 aromatic heterocycles. The highest BCUT2D eigenvalue weighted by molar-refractivity contribution is 6.04. The van der Waals surface area contributed by atoms with Crippen LogP contribution in [-0.2, 0) is 6.42 Å². The number of hydrogen-bond donors (Lipinski definition) is 3. The van der Waals surface area contributed by atoms with Gasteiger partial charge in [0.15, 0.2) is 0 Å². The highest BCUT2D eigenvalue weighted by atomic mass is 16.5. The quantitative estimate of drug-likeness (QED) is 0.219. The summed E-state index contributed by atoms with van der Waals surface area (Å²) < 4.78 is 5.58. The smallest absolute Gasteiger partial charge is 0.323 e. The number of carbonyl (C=O) groups is 2. The van der Waals surface area contributed by atoms with E-state index in [0.717, 1.165) is 66.4 Å². The van der Waals surface area contributed by atoms with Crippen LogP contribution in [0.1, 0.15) is 27.0 Å². The van der Waals surface area contributed by atoms with Gasteiger partial charge in [0, 0.05) is 49.8 Å². The lowest BCUT2D eigenvalue weighted by Gasteiger charge is -2.38. The van der Waals surface area contributed by atoms with E-state index >= 15 is 0 Å². The Hall–Kier alpha value is -4.98. The summed E-state index contributed by atoms with van der Waals surface area (Å²) in [7, 11) is 1.69. The first kappa shape index (κ1) is 29.5. The van der Waals surface area contributed by atoms with Crippen LogP contribution in [0.4, 0.5) is 27.5 Å². The van der Waals surface area contributed by atoms with Crippen molar-refractivity contribution in [2.24, 2.45) is 0 Å². The molecule has 1 saturated heterocycles. The van der Waals surface area contributed by atoms with E-state index in [0.29, 0.717) is 23.5 Å². The number of anilines is 4. The van der Waals surface area contributed by atoms with E-state index < -0.39 is 0 Å². The molecule has 0 bridgehead atoms. The number of carbonyl (C=O) groups excluding carboxylic acids is 2. The average Bonchev–Trinajstić information content (AvgIpc) is 3.03. The van der Waals surface area contributed by atoms with Crippen LogP contribution in [-0.4, -0.2) is 51.8 Å². The zero-order valence-corrected chi connectivity index (χ0v) is 25.0. The molecule has 0 spiro atoms. The van der Waals surface area contributed by atoms with Crippen LogP contribution < -0.4 is 30.5 Å². The molecule has 5 rings (SSSR count). The standard InChI is InChI=1S/C35H39N5O3/c1-25-13-14-28(23-26(25)2)37-35(42)38-29-15-16-31(30(24-29)34(41)36-18-17-27-9-5-4-6-10-27)39-19-21-40(22-20-39)32-11-7-8-12-33(32)43-3/h4-16,23-24H,17-22H2,1-3H3,(H,36,41)(H2,37,38,42). The molecule has 8 nitrogen and oxygen atoms in total. The van der Waals surface area contributed by atoms with E-state index in [9.17, 15) is 9.59 Å². The summed E-state index contributed by atoms with van der Waals surface area (Å²) in [6.07, 6.45) is 0.732. The van der Waals surface area contributed by atoms with Gasteiger partial charge in [-0.15, -0.1) is 0 Å². The number of amides is 3. The number of ether oxygens (including phenoxy) is 1. The van der Waals surface area contributed by atoms with Crippen molar-refractivity contribution in [2.75, 3.05) is 60.3 Å². The van der Waals surface area contributed by atoms with Crippen molar-refractivity contribution in [3.63, 3.8) is 0 Å². The van der Waals surface area contributed by atoms with Gasteiger partial charge in [0.1, 0.15) is 5.75 Å². The fraction of sp³-hybridized carbons (Fsp3) is 0.257. The Kier molecular flexibility index (Phi) is 9.46. The molecule has 1 heterocycles. The molecule has 222 valence electrons. The lowest BCUT2D eigenvalue weighted by molar-refractivity contribution is 0.0954. The number of hydrogen-bond acceptors (Lipinski definition) is 5. The van der Waals surface area contributed by atoms with E-state index in [1.54, 1.807) is 13.2 Å². The molecule has 3 N–H and O–H groups in total. The second-order valence-corrected chi connectivity index (χ2v) is 10.7. The molecule has 0 atom stereocenters. The van der Waals surface area contributed by atoms with Crippen molar-refractivity contribution < 1.29 is 14.3 Å². The lowest BCUT2D eigenvalue weighted by Crippen LogP contribution is -2.47. The van der Waals surface area contributed by atoms with Crippen molar-refractivity contribution in [1.29, 1.82) is 0 Å². The predicted molar refractivity (Wildman–Crippen MR) is 175 cm³/mol. The van der Waals surface area contributed by atoms with Crippen molar-refractivity contribution in [2.45, 2.75) is 20.3 Å². The number of aryl methyl sites for hydroxylation is 2. The first-order valence-electron chi connectivity index (χ1n) is 14.7. The second kappa shape index (κ2) is 13.8. The minimum absolute atomic E-state index is 0.170. The number of nitrogens with one attached hydrogen (secondary N) is 3. The van der Waals surface area contributed by atoms with Gasteiger partial charge in [0.05, 0.1) is 18.4 Å². The third-order valence-electron chi connectivity index (χ3n) is 7.85. The van der Waals surface area contributed by atoms with Gasteiger partial charge in [-0.05, 0) is 79.4 Å².